The second-order valence-electron chi connectivity index (χ2n) is 5.46. The molecule has 3 rings (SSSR count). The van der Waals surface area contributed by atoms with Crippen molar-refractivity contribution in [2.45, 2.75) is 18.7 Å². The lowest BCUT2D eigenvalue weighted by Crippen LogP contribution is -2.30. The Bertz CT molecular complexity index is 901. The standard InChI is InChI=1S/C18H14BrN3O3S/c1-11-17(24)22(13-6-4-12(19)5-7-13)18(26-11)15(9-20)16(23)21-10-14-3-2-8-25-14/h2-8,11H,10H2,1H3,(H,21,23). The van der Waals surface area contributed by atoms with E-state index in [4.69, 9.17) is 4.42 Å². The van der Waals surface area contributed by atoms with Gasteiger partial charge in [0.15, 0.2) is 0 Å². The molecule has 1 aromatic carbocycles. The number of furan rings is 1. The molecule has 0 bridgehead atoms. The number of nitrogens with zero attached hydrogens (tertiary/aromatic N) is 2. The van der Waals surface area contributed by atoms with Crippen molar-refractivity contribution in [1.82, 2.24) is 5.32 Å². The summed E-state index contributed by atoms with van der Waals surface area (Å²) in [4.78, 5) is 26.5. The molecule has 132 valence electrons. The predicted molar refractivity (Wildman–Crippen MR) is 102 cm³/mol. The van der Waals surface area contributed by atoms with E-state index in [1.807, 2.05) is 6.07 Å². The van der Waals surface area contributed by atoms with Crippen LogP contribution in [0.2, 0.25) is 0 Å². The molecule has 1 aliphatic heterocycles. The number of carbonyl (C=O) groups excluding carboxylic acids is 2. The first-order chi connectivity index (χ1) is 12.5. The number of hydrogen-bond acceptors (Lipinski definition) is 5. The molecule has 2 heterocycles. The van der Waals surface area contributed by atoms with Gasteiger partial charge in [0.25, 0.3) is 5.91 Å². The minimum atomic E-state index is -0.546. The molecule has 0 radical (unpaired) electrons. The van der Waals surface area contributed by atoms with Crippen molar-refractivity contribution < 1.29 is 14.0 Å². The van der Waals surface area contributed by atoms with Crippen LogP contribution in [0.5, 0.6) is 0 Å². The van der Waals surface area contributed by atoms with Gasteiger partial charge in [-0.2, -0.15) is 5.26 Å². The predicted octanol–water partition coefficient (Wildman–Crippen LogP) is 3.56. The molecule has 1 atom stereocenters. The minimum Gasteiger partial charge on any atom is -0.467 e. The van der Waals surface area contributed by atoms with Crippen LogP contribution in [0.3, 0.4) is 0 Å². The van der Waals surface area contributed by atoms with Crippen molar-refractivity contribution in [2.75, 3.05) is 4.90 Å². The quantitative estimate of drug-likeness (QED) is 0.590. The Balaban J connectivity index is 1.92. The van der Waals surface area contributed by atoms with E-state index in [0.717, 1.165) is 4.47 Å². The Kier molecular flexibility index (Phi) is 5.49. The molecule has 0 spiro atoms. The fraction of sp³-hybridized carbons (Fsp3) is 0.167. The number of hydrogen-bond donors (Lipinski definition) is 1. The number of rotatable bonds is 4. The largest absolute Gasteiger partial charge is 0.467 e. The van der Waals surface area contributed by atoms with Gasteiger partial charge in [0.2, 0.25) is 5.91 Å². The highest BCUT2D eigenvalue weighted by Gasteiger charge is 2.38. The van der Waals surface area contributed by atoms with Gasteiger partial charge in [-0.15, -0.1) is 0 Å². The molecular weight excluding hydrogens is 418 g/mol. The lowest BCUT2D eigenvalue weighted by molar-refractivity contribution is -0.117. The zero-order valence-electron chi connectivity index (χ0n) is 13.7. The van der Waals surface area contributed by atoms with Gasteiger partial charge in [-0.1, -0.05) is 27.7 Å². The third-order valence-electron chi connectivity index (χ3n) is 3.70. The fourth-order valence-electron chi connectivity index (χ4n) is 2.42. The van der Waals surface area contributed by atoms with Crippen LogP contribution in [0.4, 0.5) is 5.69 Å². The SMILES string of the molecule is CC1SC(=C(C#N)C(=O)NCc2ccco2)N(c2ccc(Br)cc2)C1=O. The molecular formula is C18H14BrN3O3S. The molecule has 8 heteroatoms. The van der Waals surface area contributed by atoms with Gasteiger partial charge in [-0.3, -0.25) is 14.5 Å². The van der Waals surface area contributed by atoms with Crippen LogP contribution in [0.25, 0.3) is 0 Å². The van der Waals surface area contributed by atoms with E-state index in [-0.39, 0.29) is 23.3 Å². The van der Waals surface area contributed by atoms with Crippen LogP contribution in [-0.2, 0) is 16.1 Å². The Morgan fingerprint density at radius 2 is 2.12 bits per heavy atom. The summed E-state index contributed by atoms with van der Waals surface area (Å²) < 4.78 is 6.04. The average Bonchev–Trinajstić information content (AvgIpc) is 3.24. The van der Waals surface area contributed by atoms with Gasteiger partial charge in [-0.25, -0.2) is 0 Å². The molecule has 1 aromatic heterocycles. The van der Waals surface area contributed by atoms with Crippen LogP contribution in [0.15, 0.2) is 62.2 Å². The Morgan fingerprint density at radius 1 is 1.38 bits per heavy atom. The van der Waals surface area contributed by atoms with Crippen molar-refractivity contribution in [3.8, 4) is 6.07 Å². The molecule has 0 aliphatic carbocycles. The Hall–Kier alpha value is -2.50. The van der Waals surface area contributed by atoms with Gasteiger partial charge in [0.05, 0.1) is 18.1 Å². The van der Waals surface area contributed by atoms with Crippen molar-refractivity contribution in [3.63, 3.8) is 0 Å². The summed E-state index contributed by atoms with van der Waals surface area (Å²) in [5.74, 6) is -0.136. The van der Waals surface area contributed by atoms with E-state index in [1.165, 1.54) is 22.9 Å². The molecule has 1 unspecified atom stereocenters. The first kappa shape index (κ1) is 18.3. The van der Waals surface area contributed by atoms with Gasteiger partial charge < -0.3 is 9.73 Å². The van der Waals surface area contributed by atoms with Gasteiger partial charge in [0.1, 0.15) is 22.4 Å². The number of nitriles is 1. The molecule has 2 amide bonds. The van der Waals surface area contributed by atoms with Crippen LogP contribution < -0.4 is 10.2 Å². The summed E-state index contributed by atoms with van der Waals surface area (Å²) in [7, 11) is 0. The van der Waals surface area contributed by atoms with Crippen molar-refractivity contribution in [3.05, 3.63) is 63.5 Å². The van der Waals surface area contributed by atoms with Crippen molar-refractivity contribution in [2.24, 2.45) is 0 Å². The number of carbonyl (C=O) groups is 2. The summed E-state index contributed by atoms with van der Waals surface area (Å²) in [6.07, 6.45) is 1.51. The summed E-state index contributed by atoms with van der Waals surface area (Å²) in [6, 6.07) is 12.5. The highest BCUT2D eigenvalue weighted by Crippen LogP contribution is 2.40. The molecule has 6 nitrogen and oxygen atoms in total. The minimum absolute atomic E-state index is 0.0952. The average molecular weight is 432 g/mol. The Morgan fingerprint density at radius 3 is 2.73 bits per heavy atom. The number of amides is 2. The first-order valence-corrected chi connectivity index (χ1v) is 9.39. The molecule has 1 aliphatic rings. The zero-order valence-corrected chi connectivity index (χ0v) is 16.1. The normalized spacial score (nSPS) is 18.6. The smallest absolute Gasteiger partial charge is 0.265 e. The van der Waals surface area contributed by atoms with E-state index in [2.05, 4.69) is 21.2 Å². The summed E-state index contributed by atoms with van der Waals surface area (Å²) in [5.41, 5.74) is 0.513. The summed E-state index contributed by atoms with van der Waals surface area (Å²) in [5, 5.41) is 12.2. The second-order valence-corrected chi connectivity index (χ2v) is 7.71. The molecule has 1 saturated heterocycles. The van der Waals surface area contributed by atoms with E-state index in [9.17, 15) is 14.9 Å². The van der Waals surface area contributed by atoms with Crippen molar-refractivity contribution in [1.29, 1.82) is 5.26 Å². The fourth-order valence-corrected chi connectivity index (χ4v) is 3.78. The monoisotopic (exact) mass is 431 g/mol. The number of anilines is 1. The maximum absolute atomic E-state index is 12.6. The second kappa shape index (κ2) is 7.81. The van der Waals surface area contributed by atoms with Gasteiger partial charge >= 0.3 is 0 Å². The van der Waals surface area contributed by atoms with E-state index >= 15 is 0 Å². The highest BCUT2D eigenvalue weighted by atomic mass is 79.9. The molecule has 0 saturated carbocycles. The van der Waals surface area contributed by atoms with E-state index in [0.29, 0.717) is 16.5 Å². The van der Waals surface area contributed by atoms with Crippen molar-refractivity contribution >= 4 is 45.2 Å². The van der Waals surface area contributed by atoms with Crippen LogP contribution in [-0.4, -0.2) is 17.1 Å². The Labute approximate surface area is 163 Å². The van der Waals surface area contributed by atoms with E-state index < -0.39 is 5.91 Å². The number of nitrogens with one attached hydrogen (secondary N) is 1. The van der Waals surface area contributed by atoms with Crippen LogP contribution >= 0.6 is 27.7 Å². The summed E-state index contributed by atoms with van der Waals surface area (Å²) in [6.45, 7) is 1.92. The third-order valence-corrected chi connectivity index (χ3v) is 5.39. The molecule has 1 fully saturated rings. The highest BCUT2D eigenvalue weighted by molar-refractivity contribution is 9.10. The zero-order chi connectivity index (χ0) is 18.7. The number of thioether (sulfide) groups is 1. The maximum atomic E-state index is 12.6. The topological polar surface area (TPSA) is 86.3 Å². The maximum Gasteiger partial charge on any atom is 0.265 e. The lowest BCUT2D eigenvalue weighted by atomic mass is 10.2. The van der Waals surface area contributed by atoms with E-state index in [1.54, 1.807) is 43.3 Å². The lowest BCUT2D eigenvalue weighted by Gasteiger charge is -2.18. The number of benzene rings is 1. The van der Waals surface area contributed by atoms with Gasteiger partial charge in [0, 0.05) is 10.2 Å². The van der Waals surface area contributed by atoms with Crippen LogP contribution in [0.1, 0.15) is 12.7 Å². The molecule has 26 heavy (non-hydrogen) atoms. The number of halogens is 1. The van der Waals surface area contributed by atoms with Gasteiger partial charge in [-0.05, 0) is 43.3 Å². The third kappa shape index (κ3) is 3.69. The molecule has 1 N–H and O–H groups in total. The summed E-state index contributed by atoms with van der Waals surface area (Å²) >= 11 is 4.56. The molecule has 2 aromatic rings. The first-order valence-electron chi connectivity index (χ1n) is 7.72. The van der Waals surface area contributed by atoms with Crippen LogP contribution in [0, 0.1) is 11.3 Å².